The van der Waals surface area contributed by atoms with Gasteiger partial charge in [-0.15, -0.1) is 0 Å². The summed E-state index contributed by atoms with van der Waals surface area (Å²) in [6.45, 7) is 7.23. The van der Waals surface area contributed by atoms with Crippen LogP contribution in [-0.4, -0.2) is 47.5 Å². The Morgan fingerprint density at radius 3 is 2.60 bits per heavy atom. The van der Waals surface area contributed by atoms with Crippen LogP contribution in [0.4, 0.5) is 0 Å². The molecule has 15 heavy (non-hydrogen) atoms. The highest BCUT2D eigenvalue weighted by atomic mass is 16.3. The van der Waals surface area contributed by atoms with E-state index in [1.54, 1.807) is 0 Å². The van der Waals surface area contributed by atoms with Gasteiger partial charge in [-0.3, -0.25) is 0 Å². The highest BCUT2D eigenvalue weighted by Gasteiger charge is 2.20. The molecule has 0 aromatic rings. The first-order valence-corrected chi connectivity index (χ1v) is 6.14. The lowest BCUT2D eigenvalue weighted by atomic mass is 9.89. The van der Waals surface area contributed by atoms with Crippen molar-refractivity contribution in [3.63, 3.8) is 0 Å². The summed E-state index contributed by atoms with van der Waals surface area (Å²) in [6, 6.07) is 0. The third kappa shape index (κ3) is 4.49. The van der Waals surface area contributed by atoms with Gasteiger partial charge in [0.25, 0.3) is 0 Å². The molecule has 1 heterocycles. The van der Waals surface area contributed by atoms with Gasteiger partial charge in [-0.2, -0.15) is 0 Å². The molecule has 1 fully saturated rings. The average molecular weight is 215 g/mol. The summed E-state index contributed by atoms with van der Waals surface area (Å²) in [5, 5.41) is 18.2. The van der Waals surface area contributed by atoms with Crippen molar-refractivity contribution in [3.05, 3.63) is 0 Å². The van der Waals surface area contributed by atoms with E-state index in [0.717, 1.165) is 24.9 Å². The summed E-state index contributed by atoms with van der Waals surface area (Å²) in [5.74, 6) is 1.61. The van der Waals surface area contributed by atoms with Crippen LogP contribution in [0.15, 0.2) is 0 Å². The number of hydrogen-bond donors (Lipinski definition) is 2. The number of rotatable bonds is 4. The Bertz CT molecular complexity index is 173. The predicted molar refractivity (Wildman–Crippen MR) is 61.7 cm³/mol. The van der Waals surface area contributed by atoms with Crippen molar-refractivity contribution in [3.8, 4) is 0 Å². The largest absolute Gasteiger partial charge is 0.394 e. The number of aliphatic hydroxyl groups is 2. The summed E-state index contributed by atoms with van der Waals surface area (Å²) < 4.78 is 0. The van der Waals surface area contributed by atoms with Crippen LogP contribution < -0.4 is 0 Å². The van der Waals surface area contributed by atoms with E-state index < -0.39 is 6.10 Å². The van der Waals surface area contributed by atoms with Gasteiger partial charge in [-0.1, -0.05) is 13.8 Å². The molecule has 0 aromatic carbocycles. The Labute approximate surface area is 93.1 Å². The molecule has 0 aromatic heterocycles. The second kappa shape index (κ2) is 6.46. The fraction of sp³-hybridized carbons (Fsp3) is 1.00. The number of β-amino-alcohol motifs (C(OH)–C–C–N with tert-alkyl or cyclic N) is 1. The maximum Gasteiger partial charge on any atom is 0.0897 e. The quantitative estimate of drug-likeness (QED) is 0.738. The Morgan fingerprint density at radius 2 is 2.00 bits per heavy atom. The fourth-order valence-corrected chi connectivity index (χ4v) is 2.39. The van der Waals surface area contributed by atoms with Crippen LogP contribution in [0.3, 0.4) is 0 Å². The van der Waals surface area contributed by atoms with E-state index >= 15 is 0 Å². The van der Waals surface area contributed by atoms with E-state index in [1.165, 1.54) is 19.3 Å². The number of hydrogen-bond acceptors (Lipinski definition) is 3. The molecule has 0 bridgehead atoms. The van der Waals surface area contributed by atoms with Crippen molar-refractivity contribution in [2.75, 3.05) is 26.2 Å². The van der Waals surface area contributed by atoms with Gasteiger partial charge in [-0.05, 0) is 44.2 Å². The Hall–Kier alpha value is -0.120. The van der Waals surface area contributed by atoms with Gasteiger partial charge >= 0.3 is 0 Å². The minimum Gasteiger partial charge on any atom is -0.394 e. The summed E-state index contributed by atoms with van der Waals surface area (Å²) >= 11 is 0. The molecule has 0 aliphatic carbocycles. The van der Waals surface area contributed by atoms with Gasteiger partial charge < -0.3 is 15.1 Å². The van der Waals surface area contributed by atoms with E-state index in [9.17, 15) is 5.11 Å². The first kappa shape index (κ1) is 12.9. The molecule has 2 atom stereocenters. The lowest BCUT2D eigenvalue weighted by molar-refractivity contribution is 0.0597. The zero-order valence-electron chi connectivity index (χ0n) is 10.0. The van der Waals surface area contributed by atoms with Crippen molar-refractivity contribution in [1.29, 1.82) is 0 Å². The highest BCUT2D eigenvalue weighted by molar-refractivity contribution is 4.73. The van der Waals surface area contributed by atoms with Gasteiger partial charge in [-0.25, -0.2) is 0 Å². The maximum absolute atomic E-state index is 9.39. The number of nitrogens with zero attached hydrogens (tertiary/aromatic N) is 1. The standard InChI is InChI=1S/C12H25NO2/c1-10(2)11-4-3-6-13(7-5-11)8-12(15)9-14/h10-12,14-15H,3-9H2,1-2H3. The number of likely N-dealkylation sites (tertiary alicyclic amines) is 1. The van der Waals surface area contributed by atoms with Crippen molar-refractivity contribution in [1.82, 2.24) is 4.90 Å². The molecule has 2 N–H and O–H groups in total. The molecule has 1 saturated heterocycles. The Kier molecular flexibility index (Phi) is 5.58. The predicted octanol–water partition coefficient (Wildman–Crippen LogP) is 1.10. The molecule has 3 heteroatoms. The van der Waals surface area contributed by atoms with Crippen LogP contribution >= 0.6 is 0 Å². The minimum absolute atomic E-state index is 0.121. The minimum atomic E-state index is -0.569. The molecule has 90 valence electrons. The highest BCUT2D eigenvalue weighted by Crippen LogP contribution is 2.24. The maximum atomic E-state index is 9.39. The zero-order valence-corrected chi connectivity index (χ0v) is 10.0. The molecule has 1 aliphatic rings. The molecular formula is C12H25NO2. The van der Waals surface area contributed by atoms with Crippen LogP contribution in [0.2, 0.25) is 0 Å². The smallest absolute Gasteiger partial charge is 0.0897 e. The molecule has 0 spiro atoms. The third-order valence-electron chi connectivity index (χ3n) is 3.49. The SMILES string of the molecule is CC(C)C1CCCN(CC(O)CO)CC1. The van der Waals surface area contributed by atoms with Gasteiger partial charge in [0.2, 0.25) is 0 Å². The normalized spacial score (nSPS) is 26.6. The third-order valence-corrected chi connectivity index (χ3v) is 3.49. The zero-order chi connectivity index (χ0) is 11.3. The summed E-state index contributed by atoms with van der Waals surface area (Å²) in [7, 11) is 0. The van der Waals surface area contributed by atoms with Crippen molar-refractivity contribution >= 4 is 0 Å². The lowest BCUT2D eigenvalue weighted by Crippen LogP contribution is -2.35. The molecule has 2 unspecified atom stereocenters. The van der Waals surface area contributed by atoms with Crippen LogP contribution in [0.25, 0.3) is 0 Å². The van der Waals surface area contributed by atoms with E-state index in [2.05, 4.69) is 18.7 Å². The molecule has 0 amide bonds. The van der Waals surface area contributed by atoms with Gasteiger partial charge in [0.15, 0.2) is 0 Å². The van der Waals surface area contributed by atoms with Crippen LogP contribution in [-0.2, 0) is 0 Å². The Balaban J connectivity index is 2.32. The van der Waals surface area contributed by atoms with Crippen LogP contribution in [0.1, 0.15) is 33.1 Å². The monoisotopic (exact) mass is 215 g/mol. The Morgan fingerprint density at radius 1 is 1.27 bits per heavy atom. The fourth-order valence-electron chi connectivity index (χ4n) is 2.39. The van der Waals surface area contributed by atoms with Gasteiger partial charge in [0.1, 0.15) is 0 Å². The van der Waals surface area contributed by atoms with E-state index in [0.29, 0.717) is 6.54 Å². The molecule has 1 rings (SSSR count). The molecule has 0 radical (unpaired) electrons. The number of aliphatic hydroxyl groups excluding tert-OH is 2. The topological polar surface area (TPSA) is 43.7 Å². The van der Waals surface area contributed by atoms with E-state index in [1.807, 2.05) is 0 Å². The molecule has 3 nitrogen and oxygen atoms in total. The molecule has 1 aliphatic heterocycles. The van der Waals surface area contributed by atoms with Crippen molar-refractivity contribution in [2.24, 2.45) is 11.8 Å². The molecule has 0 saturated carbocycles. The summed E-state index contributed by atoms with van der Waals surface area (Å²) in [4.78, 5) is 2.28. The average Bonchev–Trinajstić information content (AvgIpc) is 2.43. The van der Waals surface area contributed by atoms with E-state index in [4.69, 9.17) is 5.11 Å². The summed E-state index contributed by atoms with van der Waals surface area (Å²) in [6.07, 6.45) is 3.20. The molecular weight excluding hydrogens is 190 g/mol. The summed E-state index contributed by atoms with van der Waals surface area (Å²) in [5.41, 5.74) is 0. The first-order chi connectivity index (χ1) is 7.13. The van der Waals surface area contributed by atoms with Crippen LogP contribution in [0.5, 0.6) is 0 Å². The second-order valence-corrected chi connectivity index (χ2v) is 5.07. The van der Waals surface area contributed by atoms with Gasteiger partial charge in [0.05, 0.1) is 12.7 Å². The van der Waals surface area contributed by atoms with E-state index in [-0.39, 0.29) is 6.61 Å². The van der Waals surface area contributed by atoms with Crippen molar-refractivity contribution < 1.29 is 10.2 Å². The second-order valence-electron chi connectivity index (χ2n) is 5.07. The van der Waals surface area contributed by atoms with Crippen molar-refractivity contribution in [2.45, 2.75) is 39.2 Å². The first-order valence-electron chi connectivity index (χ1n) is 6.14. The van der Waals surface area contributed by atoms with Crippen LogP contribution in [0, 0.1) is 11.8 Å². The van der Waals surface area contributed by atoms with Gasteiger partial charge in [0, 0.05) is 6.54 Å². The lowest BCUT2D eigenvalue weighted by Gasteiger charge is -2.23.